The molecule has 0 heterocycles. The normalized spacial score (nSPS) is 38.0. The van der Waals surface area contributed by atoms with Crippen LogP contribution in [0.3, 0.4) is 0 Å². The molecular weight excluding hydrogens is 156 g/mol. The lowest BCUT2D eigenvalue weighted by Crippen LogP contribution is -2.27. The Bertz CT molecular complexity index is 181. The van der Waals surface area contributed by atoms with E-state index in [4.69, 9.17) is 11.6 Å². The zero-order valence-electron chi connectivity index (χ0n) is 7.82. The molecule has 0 bridgehead atoms. The van der Waals surface area contributed by atoms with Crippen molar-refractivity contribution < 1.29 is 0 Å². The minimum atomic E-state index is 0.400. The van der Waals surface area contributed by atoms with Crippen LogP contribution in [0.5, 0.6) is 0 Å². The summed E-state index contributed by atoms with van der Waals surface area (Å²) in [6.07, 6.45) is 3.32. The Kier molecular flexibility index (Phi) is 2.34. The van der Waals surface area contributed by atoms with Gasteiger partial charge in [-0.2, -0.15) is 0 Å². The molecule has 0 amide bonds. The summed E-state index contributed by atoms with van der Waals surface area (Å²) >= 11 is 6.05. The molecule has 1 aliphatic rings. The molecule has 0 nitrogen and oxygen atoms in total. The highest BCUT2D eigenvalue weighted by atomic mass is 35.5. The highest BCUT2D eigenvalue weighted by Crippen LogP contribution is 2.48. The van der Waals surface area contributed by atoms with E-state index in [9.17, 15) is 0 Å². The van der Waals surface area contributed by atoms with Gasteiger partial charge in [-0.05, 0) is 23.7 Å². The fourth-order valence-corrected chi connectivity index (χ4v) is 2.05. The Morgan fingerprint density at radius 3 is 2.36 bits per heavy atom. The van der Waals surface area contributed by atoms with E-state index >= 15 is 0 Å². The molecule has 2 unspecified atom stereocenters. The average Bonchev–Trinajstić information content (AvgIpc) is 2.18. The third-order valence-electron chi connectivity index (χ3n) is 3.46. The van der Waals surface area contributed by atoms with Crippen molar-refractivity contribution in [1.29, 1.82) is 0 Å². The Labute approximate surface area is 74.6 Å². The van der Waals surface area contributed by atoms with Crippen LogP contribution < -0.4 is 0 Å². The zero-order valence-corrected chi connectivity index (χ0v) is 8.57. The minimum absolute atomic E-state index is 0.400. The van der Waals surface area contributed by atoms with Gasteiger partial charge >= 0.3 is 0 Å². The molecule has 11 heavy (non-hydrogen) atoms. The first-order chi connectivity index (χ1) is 4.98. The van der Waals surface area contributed by atoms with Crippen molar-refractivity contribution in [3.8, 4) is 0 Å². The molecule has 1 heteroatoms. The predicted molar refractivity (Wildman–Crippen MR) is 50.7 cm³/mol. The first-order valence-electron chi connectivity index (χ1n) is 4.34. The Hall–Kier alpha value is 0.0300. The molecule has 0 aromatic carbocycles. The number of allylic oxidation sites excluding steroid dienone is 2. The van der Waals surface area contributed by atoms with Gasteiger partial charge in [-0.15, -0.1) is 0 Å². The first-order valence-corrected chi connectivity index (χ1v) is 4.72. The van der Waals surface area contributed by atoms with E-state index in [0.717, 1.165) is 11.5 Å². The summed E-state index contributed by atoms with van der Waals surface area (Å²) in [5.41, 5.74) is 0.400. The van der Waals surface area contributed by atoms with Gasteiger partial charge in [0.2, 0.25) is 0 Å². The number of hydrogen-bond donors (Lipinski definition) is 0. The molecule has 0 fully saturated rings. The SMILES string of the molecule is CC(C)C1(C)CC=C(Cl)C1C. The maximum Gasteiger partial charge on any atom is 0.0175 e. The zero-order chi connectivity index (χ0) is 8.65. The second-order valence-electron chi connectivity index (χ2n) is 4.18. The lowest BCUT2D eigenvalue weighted by Gasteiger charge is -2.34. The van der Waals surface area contributed by atoms with Crippen LogP contribution in [0.4, 0.5) is 0 Å². The van der Waals surface area contributed by atoms with Crippen molar-refractivity contribution in [2.24, 2.45) is 17.3 Å². The van der Waals surface area contributed by atoms with Crippen LogP contribution >= 0.6 is 11.6 Å². The summed E-state index contributed by atoms with van der Waals surface area (Å²) < 4.78 is 0. The molecule has 0 spiro atoms. The van der Waals surface area contributed by atoms with E-state index in [2.05, 4.69) is 33.8 Å². The molecule has 0 aromatic heterocycles. The van der Waals surface area contributed by atoms with Crippen LogP contribution in [-0.2, 0) is 0 Å². The van der Waals surface area contributed by atoms with Crippen LogP contribution in [0.2, 0.25) is 0 Å². The van der Waals surface area contributed by atoms with E-state index in [1.54, 1.807) is 0 Å². The van der Waals surface area contributed by atoms with Crippen LogP contribution in [0, 0.1) is 17.3 Å². The number of hydrogen-bond acceptors (Lipinski definition) is 0. The molecule has 64 valence electrons. The Balaban J connectivity index is 2.79. The van der Waals surface area contributed by atoms with Crippen molar-refractivity contribution in [3.05, 3.63) is 11.1 Å². The quantitative estimate of drug-likeness (QED) is 0.564. The first kappa shape index (κ1) is 9.12. The molecule has 0 N–H and O–H groups in total. The number of rotatable bonds is 1. The summed E-state index contributed by atoms with van der Waals surface area (Å²) in [4.78, 5) is 0. The summed E-state index contributed by atoms with van der Waals surface area (Å²) in [6.45, 7) is 9.11. The van der Waals surface area contributed by atoms with Crippen molar-refractivity contribution >= 4 is 11.6 Å². The highest BCUT2D eigenvalue weighted by Gasteiger charge is 2.38. The smallest absolute Gasteiger partial charge is 0.0175 e. The largest absolute Gasteiger partial charge is 0.0892 e. The molecule has 0 aliphatic heterocycles. The van der Waals surface area contributed by atoms with Crippen LogP contribution in [0.25, 0.3) is 0 Å². The monoisotopic (exact) mass is 172 g/mol. The van der Waals surface area contributed by atoms with E-state index < -0.39 is 0 Å². The van der Waals surface area contributed by atoms with Crippen LogP contribution in [-0.4, -0.2) is 0 Å². The second-order valence-corrected chi connectivity index (χ2v) is 4.61. The molecule has 0 saturated carbocycles. The summed E-state index contributed by atoms with van der Waals surface area (Å²) in [7, 11) is 0. The molecule has 0 aromatic rings. The maximum atomic E-state index is 6.05. The van der Waals surface area contributed by atoms with E-state index in [1.807, 2.05) is 0 Å². The lowest BCUT2D eigenvalue weighted by molar-refractivity contribution is 0.174. The lowest BCUT2D eigenvalue weighted by atomic mass is 9.71. The summed E-state index contributed by atoms with van der Waals surface area (Å²) in [5.74, 6) is 1.26. The molecule has 0 saturated heterocycles. The topological polar surface area (TPSA) is 0 Å². The van der Waals surface area contributed by atoms with Gasteiger partial charge in [-0.3, -0.25) is 0 Å². The maximum absolute atomic E-state index is 6.05. The van der Waals surface area contributed by atoms with Crippen molar-refractivity contribution in [3.63, 3.8) is 0 Å². The number of halogens is 1. The van der Waals surface area contributed by atoms with Gasteiger partial charge in [0.25, 0.3) is 0 Å². The van der Waals surface area contributed by atoms with Crippen molar-refractivity contribution in [1.82, 2.24) is 0 Å². The molecular formula is C10H17Cl. The molecule has 2 atom stereocenters. The average molecular weight is 173 g/mol. The molecule has 0 radical (unpaired) electrons. The van der Waals surface area contributed by atoms with Gasteiger partial charge in [0.1, 0.15) is 0 Å². The van der Waals surface area contributed by atoms with Crippen molar-refractivity contribution in [2.75, 3.05) is 0 Å². The fourth-order valence-electron chi connectivity index (χ4n) is 1.72. The summed E-state index contributed by atoms with van der Waals surface area (Å²) in [6, 6.07) is 0. The molecule has 1 rings (SSSR count). The van der Waals surface area contributed by atoms with E-state index in [-0.39, 0.29) is 0 Å². The Morgan fingerprint density at radius 1 is 1.64 bits per heavy atom. The van der Waals surface area contributed by atoms with Crippen molar-refractivity contribution in [2.45, 2.75) is 34.1 Å². The van der Waals surface area contributed by atoms with Gasteiger partial charge < -0.3 is 0 Å². The summed E-state index contributed by atoms with van der Waals surface area (Å²) in [5, 5.41) is 1.06. The van der Waals surface area contributed by atoms with E-state index in [1.165, 1.54) is 0 Å². The predicted octanol–water partition coefficient (Wildman–Crippen LogP) is 3.81. The van der Waals surface area contributed by atoms with Gasteiger partial charge in [0.05, 0.1) is 0 Å². The van der Waals surface area contributed by atoms with Gasteiger partial charge in [0.15, 0.2) is 0 Å². The Morgan fingerprint density at radius 2 is 2.18 bits per heavy atom. The van der Waals surface area contributed by atoms with Crippen LogP contribution in [0.15, 0.2) is 11.1 Å². The second kappa shape index (κ2) is 2.82. The standard InChI is InChI=1S/C10H17Cl/c1-7(2)10(4)6-5-9(11)8(10)3/h5,7-8H,6H2,1-4H3. The third kappa shape index (κ3) is 1.33. The highest BCUT2D eigenvalue weighted by molar-refractivity contribution is 6.30. The van der Waals surface area contributed by atoms with Gasteiger partial charge in [0, 0.05) is 5.03 Å². The fraction of sp³-hybridized carbons (Fsp3) is 0.800. The van der Waals surface area contributed by atoms with Crippen LogP contribution in [0.1, 0.15) is 34.1 Å². The van der Waals surface area contributed by atoms with Gasteiger partial charge in [-0.25, -0.2) is 0 Å². The van der Waals surface area contributed by atoms with Gasteiger partial charge in [-0.1, -0.05) is 45.4 Å². The third-order valence-corrected chi connectivity index (χ3v) is 3.94. The molecule has 1 aliphatic carbocycles. The minimum Gasteiger partial charge on any atom is -0.0892 e. The van der Waals surface area contributed by atoms with E-state index in [0.29, 0.717) is 17.3 Å².